The van der Waals surface area contributed by atoms with Gasteiger partial charge >= 0.3 is 6.09 Å². The molecule has 1 aromatic heterocycles. The average Bonchev–Trinajstić information content (AvgIpc) is 2.49. The maximum atomic E-state index is 12.0. The summed E-state index contributed by atoms with van der Waals surface area (Å²) in [7, 11) is 3.84. The van der Waals surface area contributed by atoms with Crippen molar-refractivity contribution in [2.45, 2.75) is 58.7 Å². The van der Waals surface area contributed by atoms with Gasteiger partial charge in [0.25, 0.3) is 0 Å². The van der Waals surface area contributed by atoms with Gasteiger partial charge in [0.2, 0.25) is 5.91 Å². The van der Waals surface area contributed by atoms with E-state index in [-0.39, 0.29) is 11.9 Å². The lowest BCUT2D eigenvalue weighted by atomic mass is 10.1. The minimum absolute atomic E-state index is 0.0742. The summed E-state index contributed by atoms with van der Waals surface area (Å²) in [5, 5.41) is 5.57. The highest BCUT2D eigenvalue weighted by atomic mass is 16.6. The van der Waals surface area contributed by atoms with Crippen LogP contribution in [-0.4, -0.2) is 42.7 Å². The van der Waals surface area contributed by atoms with Gasteiger partial charge in [0.05, 0.1) is 12.2 Å². The predicted octanol–water partition coefficient (Wildman–Crippen LogP) is 2.46. The van der Waals surface area contributed by atoms with Gasteiger partial charge in [-0.2, -0.15) is 0 Å². The first-order valence-electron chi connectivity index (χ1n) is 8.46. The number of alkyl carbamates (subject to hydrolysis) is 1. The molecule has 0 radical (unpaired) electrons. The molecule has 0 saturated heterocycles. The van der Waals surface area contributed by atoms with Crippen molar-refractivity contribution < 1.29 is 14.3 Å². The number of hydrogen-bond acceptors (Lipinski definition) is 5. The molecule has 7 heteroatoms. The van der Waals surface area contributed by atoms with Gasteiger partial charge in [0.1, 0.15) is 11.4 Å². The lowest BCUT2D eigenvalue weighted by Gasteiger charge is -2.21. The number of aromatic nitrogens is 1. The molecule has 0 aromatic carbocycles. The number of ether oxygens (including phenoxy) is 1. The zero-order valence-corrected chi connectivity index (χ0v) is 16.0. The molecule has 25 heavy (non-hydrogen) atoms. The van der Waals surface area contributed by atoms with Gasteiger partial charge in [0.15, 0.2) is 0 Å². The number of hydrogen-bond donors (Lipinski definition) is 2. The number of amides is 2. The lowest BCUT2D eigenvalue weighted by Crippen LogP contribution is -2.38. The molecule has 1 rings (SSSR count). The molecule has 7 nitrogen and oxygen atoms in total. The molecular weight excluding hydrogens is 320 g/mol. The van der Waals surface area contributed by atoms with E-state index >= 15 is 0 Å². The summed E-state index contributed by atoms with van der Waals surface area (Å²) >= 11 is 0. The summed E-state index contributed by atoms with van der Waals surface area (Å²) in [6.45, 7) is 7.66. The van der Waals surface area contributed by atoms with E-state index < -0.39 is 11.7 Å². The van der Waals surface area contributed by atoms with Crippen LogP contribution in [0, 0.1) is 0 Å². The molecule has 0 fully saturated rings. The number of rotatable bonds is 7. The van der Waals surface area contributed by atoms with Crippen LogP contribution in [0.5, 0.6) is 0 Å². The normalized spacial score (nSPS) is 12.2. The number of nitrogens with zero attached hydrogens (tertiary/aromatic N) is 2. The van der Waals surface area contributed by atoms with E-state index in [0.29, 0.717) is 19.4 Å². The standard InChI is InChI=1S/C18H30N4O3/c1-13(20-17(24)25-18(2,3)4)10-11-16(23)19-12-14-8-7-9-15(21-14)22(5)6/h7-9,13H,10-12H2,1-6H3,(H,19,23)(H,20,24)/t13-/m0/s1. The van der Waals surface area contributed by atoms with Gasteiger partial charge in [-0.05, 0) is 46.2 Å². The van der Waals surface area contributed by atoms with Crippen molar-refractivity contribution in [1.82, 2.24) is 15.6 Å². The predicted molar refractivity (Wildman–Crippen MR) is 98.5 cm³/mol. The molecule has 2 amide bonds. The van der Waals surface area contributed by atoms with Crippen LogP contribution >= 0.6 is 0 Å². The molecule has 0 unspecified atom stereocenters. The molecule has 1 heterocycles. The van der Waals surface area contributed by atoms with Crippen LogP contribution in [0.2, 0.25) is 0 Å². The van der Waals surface area contributed by atoms with Crippen LogP contribution < -0.4 is 15.5 Å². The van der Waals surface area contributed by atoms with Crippen molar-refractivity contribution in [3.05, 3.63) is 23.9 Å². The monoisotopic (exact) mass is 350 g/mol. The van der Waals surface area contributed by atoms with Gasteiger partial charge in [-0.3, -0.25) is 4.79 Å². The summed E-state index contributed by atoms with van der Waals surface area (Å²) in [4.78, 5) is 30.0. The Morgan fingerprint density at radius 1 is 1.28 bits per heavy atom. The number of anilines is 1. The molecule has 1 aromatic rings. The van der Waals surface area contributed by atoms with E-state index in [1.165, 1.54) is 0 Å². The van der Waals surface area contributed by atoms with Gasteiger partial charge < -0.3 is 20.3 Å². The smallest absolute Gasteiger partial charge is 0.407 e. The Morgan fingerprint density at radius 2 is 1.96 bits per heavy atom. The molecule has 0 aliphatic rings. The fourth-order valence-electron chi connectivity index (χ4n) is 2.02. The minimum atomic E-state index is -0.532. The molecular formula is C18H30N4O3. The van der Waals surface area contributed by atoms with E-state index in [1.54, 1.807) is 0 Å². The molecule has 0 bridgehead atoms. The fourth-order valence-corrected chi connectivity index (χ4v) is 2.02. The van der Waals surface area contributed by atoms with Crippen LogP contribution in [0.3, 0.4) is 0 Å². The molecule has 1 atom stereocenters. The second-order valence-corrected chi connectivity index (χ2v) is 7.24. The zero-order valence-electron chi connectivity index (χ0n) is 16.0. The lowest BCUT2D eigenvalue weighted by molar-refractivity contribution is -0.121. The zero-order chi connectivity index (χ0) is 19.0. The Balaban J connectivity index is 2.33. The Morgan fingerprint density at radius 3 is 2.56 bits per heavy atom. The quantitative estimate of drug-likeness (QED) is 0.789. The second kappa shape index (κ2) is 9.25. The van der Waals surface area contributed by atoms with Gasteiger partial charge in [-0.25, -0.2) is 9.78 Å². The number of pyridine rings is 1. The Labute approximate surface area is 150 Å². The maximum Gasteiger partial charge on any atom is 0.407 e. The molecule has 140 valence electrons. The van der Waals surface area contributed by atoms with E-state index in [2.05, 4.69) is 15.6 Å². The van der Waals surface area contributed by atoms with Crippen molar-refractivity contribution in [2.75, 3.05) is 19.0 Å². The van der Waals surface area contributed by atoms with Crippen LogP contribution in [-0.2, 0) is 16.1 Å². The Kier molecular flexibility index (Phi) is 7.67. The molecule has 0 saturated carbocycles. The van der Waals surface area contributed by atoms with Crippen molar-refractivity contribution in [2.24, 2.45) is 0 Å². The fraction of sp³-hybridized carbons (Fsp3) is 0.611. The van der Waals surface area contributed by atoms with Gasteiger partial charge in [0, 0.05) is 26.6 Å². The van der Waals surface area contributed by atoms with E-state index in [4.69, 9.17) is 4.74 Å². The van der Waals surface area contributed by atoms with Gasteiger partial charge in [-0.1, -0.05) is 6.07 Å². The van der Waals surface area contributed by atoms with Crippen LogP contribution in [0.4, 0.5) is 10.6 Å². The van der Waals surface area contributed by atoms with Crippen molar-refractivity contribution in [1.29, 1.82) is 0 Å². The van der Waals surface area contributed by atoms with Crippen LogP contribution in [0.1, 0.15) is 46.2 Å². The molecule has 2 N–H and O–H groups in total. The third-order valence-electron chi connectivity index (χ3n) is 3.28. The molecule has 0 spiro atoms. The van der Waals surface area contributed by atoms with Crippen molar-refractivity contribution in [3.8, 4) is 0 Å². The summed E-state index contributed by atoms with van der Waals surface area (Å²) in [5.41, 5.74) is 0.273. The topological polar surface area (TPSA) is 83.6 Å². The summed E-state index contributed by atoms with van der Waals surface area (Å²) in [6, 6.07) is 5.56. The largest absolute Gasteiger partial charge is 0.444 e. The molecule has 0 aliphatic heterocycles. The number of nitrogens with one attached hydrogen (secondary N) is 2. The van der Waals surface area contributed by atoms with E-state index in [1.807, 2.05) is 64.9 Å². The second-order valence-electron chi connectivity index (χ2n) is 7.24. The Hall–Kier alpha value is -2.31. The highest BCUT2D eigenvalue weighted by molar-refractivity contribution is 5.76. The molecule has 0 aliphatic carbocycles. The number of carbonyl (C=O) groups excluding carboxylic acids is 2. The highest BCUT2D eigenvalue weighted by Crippen LogP contribution is 2.09. The van der Waals surface area contributed by atoms with Crippen LogP contribution in [0.25, 0.3) is 0 Å². The minimum Gasteiger partial charge on any atom is -0.444 e. The first-order valence-corrected chi connectivity index (χ1v) is 8.46. The summed E-state index contributed by atoms with van der Waals surface area (Å²) in [6.07, 6.45) is 0.394. The van der Waals surface area contributed by atoms with Crippen LogP contribution in [0.15, 0.2) is 18.2 Å². The van der Waals surface area contributed by atoms with E-state index in [0.717, 1.165) is 11.5 Å². The SMILES string of the molecule is C[C@@H](CCC(=O)NCc1cccc(N(C)C)n1)NC(=O)OC(C)(C)C. The third kappa shape index (κ3) is 8.93. The third-order valence-corrected chi connectivity index (χ3v) is 3.28. The first-order chi connectivity index (χ1) is 11.6. The first kappa shape index (κ1) is 20.7. The van der Waals surface area contributed by atoms with E-state index in [9.17, 15) is 9.59 Å². The summed E-state index contributed by atoms with van der Waals surface area (Å²) < 4.78 is 5.19. The Bertz CT molecular complexity index is 582. The van der Waals surface area contributed by atoms with Gasteiger partial charge in [-0.15, -0.1) is 0 Å². The van der Waals surface area contributed by atoms with Crippen molar-refractivity contribution in [3.63, 3.8) is 0 Å². The maximum absolute atomic E-state index is 12.0. The highest BCUT2D eigenvalue weighted by Gasteiger charge is 2.18. The summed E-state index contributed by atoms with van der Waals surface area (Å²) in [5.74, 6) is 0.775. The van der Waals surface area contributed by atoms with Crippen molar-refractivity contribution >= 4 is 17.8 Å². The average molecular weight is 350 g/mol. The number of carbonyl (C=O) groups is 2.